The lowest BCUT2D eigenvalue weighted by Crippen LogP contribution is -2.50. The molecule has 1 atom stereocenters. The lowest BCUT2D eigenvalue weighted by Gasteiger charge is -2.35. The number of esters is 1. The Kier molecular flexibility index (Phi) is 8.29. The number of carbonyl (C=O) groups is 4. The van der Waals surface area contributed by atoms with E-state index in [-0.39, 0.29) is 43.2 Å². The van der Waals surface area contributed by atoms with Crippen molar-refractivity contribution >= 4 is 23.7 Å². The Morgan fingerprint density at radius 1 is 0.947 bits per heavy atom. The predicted octanol–water partition coefficient (Wildman–Crippen LogP) is 3.65. The van der Waals surface area contributed by atoms with Crippen LogP contribution in [-0.4, -0.2) is 71.2 Å². The number of allylic oxidation sites excluding steroid dienone is 1. The SMILES string of the molecule is CCOC(=O)C1=C(C)N(Cc2cccc(C(=O)N3CCN(C(C)=O)CC3)c2)C(=O)CC1c1cccc(C)c1. The minimum absolute atomic E-state index is 0.0144. The highest BCUT2D eigenvalue weighted by Crippen LogP contribution is 2.38. The van der Waals surface area contributed by atoms with Gasteiger partial charge in [-0.05, 0) is 44.0 Å². The van der Waals surface area contributed by atoms with Gasteiger partial charge in [0.05, 0.1) is 18.7 Å². The number of ether oxygens (including phenoxy) is 1. The van der Waals surface area contributed by atoms with Crippen LogP contribution < -0.4 is 0 Å². The number of hydrogen-bond donors (Lipinski definition) is 0. The van der Waals surface area contributed by atoms with Gasteiger partial charge < -0.3 is 19.4 Å². The fraction of sp³-hybridized carbons (Fsp3) is 0.400. The summed E-state index contributed by atoms with van der Waals surface area (Å²) in [5.41, 5.74) is 4.37. The Morgan fingerprint density at radius 2 is 1.63 bits per heavy atom. The molecule has 8 nitrogen and oxygen atoms in total. The van der Waals surface area contributed by atoms with Crippen molar-refractivity contribution in [3.8, 4) is 0 Å². The van der Waals surface area contributed by atoms with Crippen molar-refractivity contribution in [2.24, 2.45) is 0 Å². The third-order valence-corrected chi connectivity index (χ3v) is 7.29. The summed E-state index contributed by atoms with van der Waals surface area (Å²) in [6.45, 7) is 9.57. The highest BCUT2D eigenvalue weighted by molar-refractivity contribution is 5.96. The molecule has 2 aromatic carbocycles. The van der Waals surface area contributed by atoms with Crippen LogP contribution >= 0.6 is 0 Å². The molecule has 0 N–H and O–H groups in total. The van der Waals surface area contributed by atoms with Crippen LogP contribution in [0, 0.1) is 6.92 Å². The van der Waals surface area contributed by atoms with Gasteiger partial charge in [0.25, 0.3) is 5.91 Å². The van der Waals surface area contributed by atoms with E-state index in [1.807, 2.05) is 43.3 Å². The molecule has 2 aliphatic rings. The second-order valence-electron chi connectivity index (χ2n) is 9.87. The molecule has 2 heterocycles. The molecule has 2 aliphatic heterocycles. The van der Waals surface area contributed by atoms with E-state index in [2.05, 4.69) is 0 Å². The van der Waals surface area contributed by atoms with Gasteiger partial charge in [0.1, 0.15) is 0 Å². The van der Waals surface area contributed by atoms with Gasteiger partial charge >= 0.3 is 5.97 Å². The molecule has 0 aromatic heterocycles. The zero-order chi connectivity index (χ0) is 27.4. The van der Waals surface area contributed by atoms with Crippen molar-refractivity contribution in [2.75, 3.05) is 32.8 Å². The third kappa shape index (κ3) is 5.79. The Labute approximate surface area is 223 Å². The van der Waals surface area contributed by atoms with E-state index >= 15 is 0 Å². The molecule has 0 bridgehead atoms. The first-order valence-electron chi connectivity index (χ1n) is 13.1. The molecule has 1 fully saturated rings. The standard InChI is InChI=1S/C30H35N3O5/c1-5-38-30(37)28-21(3)33(27(35)18-26(28)24-10-6-8-20(2)16-24)19-23-9-7-11-25(17-23)29(36)32-14-12-31(13-15-32)22(4)34/h6-11,16-17,26H,5,12-15,18-19H2,1-4H3. The number of amides is 3. The second kappa shape index (κ2) is 11.6. The van der Waals surface area contributed by atoms with Crippen LogP contribution in [0.15, 0.2) is 59.8 Å². The molecule has 38 heavy (non-hydrogen) atoms. The van der Waals surface area contributed by atoms with Crippen molar-refractivity contribution < 1.29 is 23.9 Å². The fourth-order valence-corrected chi connectivity index (χ4v) is 5.24. The van der Waals surface area contributed by atoms with Crippen molar-refractivity contribution in [3.05, 3.63) is 82.1 Å². The van der Waals surface area contributed by atoms with E-state index in [0.29, 0.717) is 43.0 Å². The summed E-state index contributed by atoms with van der Waals surface area (Å²) in [5.74, 6) is -0.958. The summed E-state index contributed by atoms with van der Waals surface area (Å²) < 4.78 is 5.40. The topological polar surface area (TPSA) is 87.2 Å². The molecule has 1 saturated heterocycles. The van der Waals surface area contributed by atoms with Gasteiger partial charge in [0, 0.05) is 56.7 Å². The highest BCUT2D eigenvalue weighted by Gasteiger charge is 2.37. The molecule has 0 aliphatic carbocycles. The number of hydrogen-bond acceptors (Lipinski definition) is 5. The molecule has 2 aromatic rings. The van der Waals surface area contributed by atoms with E-state index in [4.69, 9.17) is 4.74 Å². The molecular formula is C30H35N3O5. The Morgan fingerprint density at radius 3 is 2.29 bits per heavy atom. The van der Waals surface area contributed by atoms with Crippen molar-refractivity contribution in [3.63, 3.8) is 0 Å². The normalized spacial score (nSPS) is 18.1. The summed E-state index contributed by atoms with van der Waals surface area (Å²) in [4.78, 5) is 56.3. The average Bonchev–Trinajstić information content (AvgIpc) is 2.90. The van der Waals surface area contributed by atoms with Crippen LogP contribution in [0.5, 0.6) is 0 Å². The predicted molar refractivity (Wildman–Crippen MR) is 143 cm³/mol. The number of rotatable bonds is 6. The molecule has 0 spiro atoms. The lowest BCUT2D eigenvalue weighted by atomic mass is 9.83. The van der Waals surface area contributed by atoms with Crippen molar-refractivity contribution in [2.45, 2.75) is 46.6 Å². The minimum Gasteiger partial charge on any atom is -0.463 e. The van der Waals surface area contributed by atoms with Gasteiger partial charge in [-0.15, -0.1) is 0 Å². The van der Waals surface area contributed by atoms with Crippen LogP contribution in [0.25, 0.3) is 0 Å². The first-order chi connectivity index (χ1) is 18.2. The van der Waals surface area contributed by atoms with Gasteiger partial charge in [0.2, 0.25) is 11.8 Å². The van der Waals surface area contributed by atoms with E-state index in [0.717, 1.165) is 16.7 Å². The molecular weight excluding hydrogens is 482 g/mol. The molecule has 8 heteroatoms. The number of benzene rings is 2. The van der Waals surface area contributed by atoms with Crippen molar-refractivity contribution in [1.29, 1.82) is 0 Å². The zero-order valence-electron chi connectivity index (χ0n) is 22.5. The Balaban J connectivity index is 1.58. The molecule has 3 amide bonds. The van der Waals surface area contributed by atoms with Crippen LogP contribution in [-0.2, 0) is 25.7 Å². The van der Waals surface area contributed by atoms with Gasteiger partial charge in [-0.25, -0.2) is 4.79 Å². The maximum Gasteiger partial charge on any atom is 0.336 e. The van der Waals surface area contributed by atoms with Gasteiger partial charge in [0.15, 0.2) is 0 Å². The minimum atomic E-state index is -0.414. The van der Waals surface area contributed by atoms with Crippen molar-refractivity contribution in [1.82, 2.24) is 14.7 Å². The van der Waals surface area contributed by atoms with E-state index in [9.17, 15) is 19.2 Å². The summed E-state index contributed by atoms with van der Waals surface area (Å²) >= 11 is 0. The number of nitrogens with zero attached hydrogens (tertiary/aromatic N) is 3. The monoisotopic (exact) mass is 517 g/mol. The highest BCUT2D eigenvalue weighted by atomic mass is 16.5. The zero-order valence-corrected chi connectivity index (χ0v) is 22.5. The fourth-order valence-electron chi connectivity index (χ4n) is 5.24. The number of carbonyl (C=O) groups excluding carboxylic acids is 4. The Bertz CT molecular complexity index is 1280. The summed E-state index contributed by atoms with van der Waals surface area (Å²) in [7, 11) is 0. The van der Waals surface area contributed by atoms with Crippen LogP contribution in [0.1, 0.15) is 60.2 Å². The molecule has 4 rings (SSSR count). The smallest absolute Gasteiger partial charge is 0.336 e. The number of aryl methyl sites for hydroxylation is 1. The second-order valence-corrected chi connectivity index (χ2v) is 9.87. The van der Waals surface area contributed by atoms with Gasteiger partial charge in [-0.3, -0.25) is 14.4 Å². The van der Waals surface area contributed by atoms with Gasteiger partial charge in [-0.1, -0.05) is 42.0 Å². The largest absolute Gasteiger partial charge is 0.463 e. The molecule has 0 saturated carbocycles. The quantitative estimate of drug-likeness (QED) is 0.546. The number of piperazine rings is 1. The van der Waals surface area contributed by atoms with Gasteiger partial charge in [-0.2, -0.15) is 0 Å². The first-order valence-corrected chi connectivity index (χ1v) is 13.1. The average molecular weight is 518 g/mol. The summed E-state index contributed by atoms with van der Waals surface area (Å²) in [5, 5.41) is 0. The van der Waals surface area contributed by atoms with Crippen LogP contribution in [0.3, 0.4) is 0 Å². The first kappa shape index (κ1) is 27.1. The maximum absolute atomic E-state index is 13.4. The summed E-state index contributed by atoms with van der Waals surface area (Å²) in [6, 6.07) is 15.1. The van der Waals surface area contributed by atoms with E-state index in [1.165, 1.54) is 6.92 Å². The van der Waals surface area contributed by atoms with Crippen LogP contribution in [0.2, 0.25) is 0 Å². The van der Waals surface area contributed by atoms with Crippen LogP contribution in [0.4, 0.5) is 0 Å². The molecule has 0 radical (unpaired) electrons. The summed E-state index contributed by atoms with van der Waals surface area (Å²) in [6.07, 6.45) is 0.161. The Hall–Kier alpha value is -3.94. The van der Waals surface area contributed by atoms with E-state index in [1.54, 1.807) is 40.7 Å². The molecule has 200 valence electrons. The lowest BCUT2D eigenvalue weighted by molar-refractivity contribution is -0.140. The maximum atomic E-state index is 13.4. The van der Waals surface area contributed by atoms with E-state index < -0.39 is 5.97 Å². The molecule has 1 unspecified atom stereocenters. The third-order valence-electron chi connectivity index (χ3n) is 7.29.